The summed E-state index contributed by atoms with van der Waals surface area (Å²) in [6.45, 7) is 1.66. The SMILES string of the molecule is C[C@@H](O)[C@@H](N)c1ccncc1Br. The van der Waals surface area contributed by atoms with Gasteiger partial charge in [0.2, 0.25) is 0 Å². The molecule has 0 saturated carbocycles. The quantitative estimate of drug-likeness (QED) is 0.804. The Kier molecular flexibility index (Phi) is 3.20. The molecule has 0 aliphatic carbocycles. The molecule has 0 aliphatic rings. The molecular formula is C8H11BrN2O. The van der Waals surface area contributed by atoms with Crippen molar-refractivity contribution in [3.05, 3.63) is 28.5 Å². The van der Waals surface area contributed by atoms with Crippen LogP contribution in [0.1, 0.15) is 18.5 Å². The molecule has 3 N–H and O–H groups in total. The van der Waals surface area contributed by atoms with E-state index < -0.39 is 6.10 Å². The molecule has 0 fully saturated rings. The monoisotopic (exact) mass is 230 g/mol. The number of aliphatic hydroxyl groups is 1. The van der Waals surface area contributed by atoms with E-state index in [1.165, 1.54) is 0 Å². The van der Waals surface area contributed by atoms with Gasteiger partial charge in [0.25, 0.3) is 0 Å². The Balaban J connectivity index is 2.94. The van der Waals surface area contributed by atoms with Crippen LogP contribution in [0.3, 0.4) is 0 Å². The molecule has 0 spiro atoms. The third-order valence-corrected chi connectivity index (χ3v) is 2.35. The van der Waals surface area contributed by atoms with Gasteiger partial charge >= 0.3 is 0 Å². The Bertz CT molecular complexity index is 265. The molecule has 1 heterocycles. The lowest BCUT2D eigenvalue weighted by Crippen LogP contribution is -2.23. The highest BCUT2D eigenvalue weighted by Gasteiger charge is 2.14. The first-order valence-electron chi connectivity index (χ1n) is 3.66. The molecule has 0 saturated heterocycles. The van der Waals surface area contributed by atoms with Gasteiger partial charge in [0.1, 0.15) is 0 Å². The van der Waals surface area contributed by atoms with Crippen molar-refractivity contribution < 1.29 is 5.11 Å². The van der Waals surface area contributed by atoms with E-state index in [4.69, 9.17) is 5.73 Å². The lowest BCUT2D eigenvalue weighted by atomic mass is 10.1. The second-order valence-corrected chi connectivity index (χ2v) is 3.52. The van der Waals surface area contributed by atoms with Gasteiger partial charge in [-0.1, -0.05) is 0 Å². The zero-order chi connectivity index (χ0) is 9.14. The Morgan fingerprint density at radius 3 is 2.83 bits per heavy atom. The number of hydrogen-bond donors (Lipinski definition) is 2. The molecule has 1 aromatic rings. The summed E-state index contributed by atoms with van der Waals surface area (Å²) in [4.78, 5) is 3.90. The van der Waals surface area contributed by atoms with E-state index in [0.717, 1.165) is 10.0 Å². The predicted molar refractivity (Wildman–Crippen MR) is 50.5 cm³/mol. The molecule has 1 aromatic heterocycles. The molecular weight excluding hydrogens is 220 g/mol. The maximum atomic E-state index is 9.23. The fraction of sp³-hybridized carbons (Fsp3) is 0.375. The van der Waals surface area contributed by atoms with Crippen LogP contribution in [0.15, 0.2) is 22.9 Å². The van der Waals surface area contributed by atoms with Crippen LogP contribution in [0.5, 0.6) is 0 Å². The number of halogens is 1. The number of nitrogens with two attached hydrogens (primary N) is 1. The van der Waals surface area contributed by atoms with Gasteiger partial charge in [0.05, 0.1) is 12.1 Å². The molecule has 0 bridgehead atoms. The molecule has 12 heavy (non-hydrogen) atoms. The largest absolute Gasteiger partial charge is 0.391 e. The van der Waals surface area contributed by atoms with Gasteiger partial charge in [-0.2, -0.15) is 0 Å². The summed E-state index contributed by atoms with van der Waals surface area (Å²) in [5.41, 5.74) is 6.61. The summed E-state index contributed by atoms with van der Waals surface area (Å²) in [5, 5.41) is 9.23. The van der Waals surface area contributed by atoms with Gasteiger partial charge in [0, 0.05) is 16.9 Å². The van der Waals surface area contributed by atoms with E-state index in [9.17, 15) is 5.11 Å². The van der Waals surface area contributed by atoms with Crippen molar-refractivity contribution in [1.82, 2.24) is 4.98 Å². The summed E-state index contributed by atoms with van der Waals surface area (Å²) in [7, 11) is 0. The number of hydrogen-bond acceptors (Lipinski definition) is 3. The van der Waals surface area contributed by atoms with E-state index in [2.05, 4.69) is 20.9 Å². The summed E-state index contributed by atoms with van der Waals surface area (Å²) in [6, 6.07) is 1.43. The van der Waals surface area contributed by atoms with Gasteiger partial charge in [-0.05, 0) is 34.5 Å². The Hall–Kier alpha value is -0.450. The van der Waals surface area contributed by atoms with E-state index in [1.807, 2.05) is 0 Å². The normalized spacial score (nSPS) is 15.7. The average Bonchev–Trinajstić information content (AvgIpc) is 2.04. The van der Waals surface area contributed by atoms with Crippen molar-refractivity contribution in [2.45, 2.75) is 19.1 Å². The number of rotatable bonds is 2. The van der Waals surface area contributed by atoms with Crippen molar-refractivity contribution in [3.8, 4) is 0 Å². The number of pyridine rings is 1. The molecule has 0 radical (unpaired) electrons. The molecule has 2 atom stereocenters. The van der Waals surface area contributed by atoms with Crippen molar-refractivity contribution in [1.29, 1.82) is 0 Å². The first-order valence-corrected chi connectivity index (χ1v) is 4.45. The Morgan fingerprint density at radius 2 is 2.33 bits per heavy atom. The average molecular weight is 231 g/mol. The molecule has 0 amide bonds. The van der Waals surface area contributed by atoms with Crippen molar-refractivity contribution in [2.24, 2.45) is 5.73 Å². The fourth-order valence-electron chi connectivity index (χ4n) is 0.916. The molecule has 3 nitrogen and oxygen atoms in total. The molecule has 66 valence electrons. The van der Waals surface area contributed by atoms with Crippen LogP contribution in [0.2, 0.25) is 0 Å². The summed E-state index contributed by atoms with van der Waals surface area (Å²) in [6.07, 6.45) is 2.77. The zero-order valence-electron chi connectivity index (χ0n) is 6.74. The van der Waals surface area contributed by atoms with Crippen molar-refractivity contribution in [2.75, 3.05) is 0 Å². The second-order valence-electron chi connectivity index (χ2n) is 2.66. The minimum absolute atomic E-state index is 0.359. The predicted octanol–water partition coefficient (Wildman–Crippen LogP) is 1.22. The van der Waals surface area contributed by atoms with Crippen LogP contribution in [0.4, 0.5) is 0 Å². The number of aliphatic hydroxyl groups excluding tert-OH is 1. The lowest BCUT2D eigenvalue weighted by molar-refractivity contribution is 0.164. The van der Waals surface area contributed by atoms with Crippen molar-refractivity contribution in [3.63, 3.8) is 0 Å². The van der Waals surface area contributed by atoms with Gasteiger partial charge in [0.15, 0.2) is 0 Å². The van der Waals surface area contributed by atoms with E-state index in [1.54, 1.807) is 25.4 Å². The minimum Gasteiger partial charge on any atom is -0.391 e. The van der Waals surface area contributed by atoms with Crippen LogP contribution in [0, 0.1) is 0 Å². The van der Waals surface area contributed by atoms with E-state index in [-0.39, 0.29) is 6.04 Å². The second kappa shape index (κ2) is 3.98. The maximum absolute atomic E-state index is 9.23. The third kappa shape index (κ3) is 2.03. The highest BCUT2D eigenvalue weighted by Crippen LogP contribution is 2.22. The molecule has 0 aliphatic heterocycles. The van der Waals surface area contributed by atoms with Crippen LogP contribution in [-0.2, 0) is 0 Å². The van der Waals surface area contributed by atoms with Crippen LogP contribution in [-0.4, -0.2) is 16.2 Å². The first-order chi connectivity index (χ1) is 5.63. The zero-order valence-corrected chi connectivity index (χ0v) is 8.32. The van der Waals surface area contributed by atoms with Crippen LogP contribution < -0.4 is 5.73 Å². The number of nitrogens with zero attached hydrogens (tertiary/aromatic N) is 1. The van der Waals surface area contributed by atoms with Crippen LogP contribution >= 0.6 is 15.9 Å². The maximum Gasteiger partial charge on any atom is 0.0705 e. The van der Waals surface area contributed by atoms with Gasteiger partial charge in [-0.15, -0.1) is 0 Å². The topological polar surface area (TPSA) is 59.1 Å². The van der Waals surface area contributed by atoms with Gasteiger partial charge < -0.3 is 10.8 Å². The summed E-state index contributed by atoms with van der Waals surface area (Å²) in [5.74, 6) is 0. The Morgan fingerprint density at radius 1 is 1.67 bits per heavy atom. The highest BCUT2D eigenvalue weighted by atomic mass is 79.9. The van der Waals surface area contributed by atoms with E-state index >= 15 is 0 Å². The lowest BCUT2D eigenvalue weighted by Gasteiger charge is -2.15. The fourth-order valence-corrected chi connectivity index (χ4v) is 1.43. The first kappa shape index (κ1) is 9.64. The van der Waals surface area contributed by atoms with Crippen molar-refractivity contribution >= 4 is 15.9 Å². The third-order valence-electron chi connectivity index (χ3n) is 1.68. The standard InChI is InChI=1S/C8H11BrN2O/c1-5(12)8(10)6-2-3-11-4-7(6)9/h2-5,8,12H,10H2,1H3/t5-,8-/m1/s1. The summed E-state index contributed by atoms with van der Waals surface area (Å²) >= 11 is 3.31. The Labute approximate surface area is 79.7 Å². The molecule has 0 aromatic carbocycles. The highest BCUT2D eigenvalue weighted by molar-refractivity contribution is 9.10. The van der Waals surface area contributed by atoms with Gasteiger partial charge in [-0.3, -0.25) is 4.98 Å². The van der Waals surface area contributed by atoms with Crippen LogP contribution in [0.25, 0.3) is 0 Å². The molecule has 4 heteroatoms. The number of aromatic nitrogens is 1. The summed E-state index contributed by atoms with van der Waals surface area (Å²) < 4.78 is 0.832. The molecule has 1 rings (SSSR count). The smallest absolute Gasteiger partial charge is 0.0705 e. The minimum atomic E-state index is -0.552. The van der Waals surface area contributed by atoms with Gasteiger partial charge in [-0.25, -0.2) is 0 Å². The van der Waals surface area contributed by atoms with E-state index in [0.29, 0.717) is 0 Å². The molecule has 0 unspecified atom stereocenters.